The Labute approximate surface area is 263 Å². The molecule has 0 fully saturated rings. The van der Waals surface area contributed by atoms with Gasteiger partial charge in [-0.3, -0.25) is 13.9 Å². The Kier molecular flexibility index (Phi) is 10.8. The normalized spacial score (nSPS) is 11.9. The Hall–Kier alpha value is -4.21. The van der Waals surface area contributed by atoms with Crippen LogP contribution in [0.3, 0.4) is 0 Å². The van der Waals surface area contributed by atoms with Crippen molar-refractivity contribution >= 4 is 39.1 Å². The van der Waals surface area contributed by atoms with Crippen LogP contribution in [0.5, 0.6) is 0 Å². The number of carbonyl (C=O) groups excluding carboxylic acids is 2. The van der Waals surface area contributed by atoms with Crippen LogP contribution < -0.4 is 9.62 Å². The van der Waals surface area contributed by atoms with E-state index in [4.69, 9.17) is 11.6 Å². The number of rotatable bonds is 12. The van der Waals surface area contributed by atoms with E-state index in [-0.39, 0.29) is 23.5 Å². The van der Waals surface area contributed by atoms with Crippen LogP contribution in [0.25, 0.3) is 0 Å². The van der Waals surface area contributed by atoms with Gasteiger partial charge in [-0.1, -0.05) is 77.8 Å². The molecule has 4 aromatic rings. The average Bonchev–Trinajstić information content (AvgIpc) is 3.01. The van der Waals surface area contributed by atoms with E-state index in [1.54, 1.807) is 44.2 Å². The van der Waals surface area contributed by atoms with E-state index < -0.39 is 40.2 Å². The molecule has 10 heteroatoms. The van der Waals surface area contributed by atoms with Crippen molar-refractivity contribution in [2.24, 2.45) is 0 Å². The summed E-state index contributed by atoms with van der Waals surface area (Å²) in [7, 11) is -4.26. The van der Waals surface area contributed by atoms with Crippen molar-refractivity contribution in [1.82, 2.24) is 10.2 Å². The molecule has 0 spiro atoms. The molecule has 0 heterocycles. The lowest BCUT2D eigenvalue weighted by atomic mass is 10.0. The number of amides is 2. The molecule has 1 atom stereocenters. The third-order valence-electron chi connectivity index (χ3n) is 7.28. The molecule has 0 unspecified atom stereocenters. The predicted molar refractivity (Wildman–Crippen MR) is 171 cm³/mol. The van der Waals surface area contributed by atoms with E-state index in [1.165, 1.54) is 41.3 Å². The first kappa shape index (κ1) is 32.7. The maximum atomic E-state index is 14.4. The number of likely N-dealkylation sites (N-methyl/N-ethyl adjacent to an activating group) is 1. The van der Waals surface area contributed by atoms with Gasteiger partial charge in [-0.2, -0.15) is 0 Å². The van der Waals surface area contributed by atoms with Crippen molar-refractivity contribution < 1.29 is 22.4 Å². The highest BCUT2D eigenvalue weighted by Gasteiger charge is 2.35. The molecule has 0 aliphatic rings. The van der Waals surface area contributed by atoms with Crippen LogP contribution in [0.4, 0.5) is 10.1 Å². The Bertz CT molecular complexity index is 1700. The molecule has 1 N–H and O–H groups in total. The third-order valence-corrected chi connectivity index (χ3v) is 9.47. The summed E-state index contributed by atoms with van der Waals surface area (Å²) in [5.41, 5.74) is 2.99. The monoisotopic (exact) mass is 635 g/mol. The minimum Gasteiger partial charge on any atom is -0.355 e. The number of hydrogen-bond acceptors (Lipinski definition) is 4. The van der Waals surface area contributed by atoms with Gasteiger partial charge in [0.2, 0.25) is 11.8 Å². The lowest BCUT2D eigenvalue weighted by Gasteiger charge is -2.34. The van der Waals surface area contributed by atoms with Crippen LogP contribution in [-0.2, 0) is 32.6 Å². The fraction of sp³-hybridized carbons (Fsp3) is 0.235. The molecule has 44 heavy (non-hydrogen) atoms. The molecule has 0 aliphatic carbocycles. The van der Waals surface area contributed by atoms with Gasteiger partial charge in [-0.25, -0.2) is 12.8 Å². The van der Waals surface area contributed by atoms with Gasteiger partial charge in [0, 0.05) is 24.5 Å². The second-order valence-corrected chi connectivity index (χ2v) is 12.7. The number of nitrogens with zero attached hydrogens (tertiary/aromatic N) is 2. The highest BCUT2D eigenvalue weighted by Crippen LogP contribution is 2.31. The maximum absolute atomic E-state index is 14.4. The van der Waals surface area contributed by atoms with Crippen LogP contribution in [0, 0.1) is 19.7 Å². The molecule has 0 aliphatic heterocycles. The first-order valence-corrected chi connectivity index (χ1v) is 16.0. The predicted octanol–water partition coefficient (Wildman–Crippen LogP) is 6.07. The molecule has 0 saturated heterocycles. The summed E-state index contributed by atoms with van der Waals surface area (Å²) in [4.78, 5) is 29.3. The van der Waals surface area contributed by atoms with E-state index in [0.29, 0.717) is 22.7 Å². The van der Waals surface area contributed by atoms with Gasteiger partial charge in [0.05, 0.1) is 10.6 Å². The van der Waals surface area contributed by atoms with Crippen LogP contribution in [-0.4, -0.2) is 44.3 Å². The number of halogens is 2. The second kappa shape index (κ2) is 14.5. The fourth-order valence-corrected chi connectivity index (χ4v) is 6.49. The average molecular weight is 636 g/mol. The molecular formula is C34H35ClFN3O4S. The van der Waals surface area contributed by atoms with Gasteiger partial charge < -0.3 is 10.2 Å². The van der Waals surface area contributed by atoms with Gasteiger partial charge in [0.1, 0.15) is 18.4 Å². The highest BCUT2D eigenvalue weighted by atomic mass is 35.5. The van der Waals surface area contributed by atoms with Crippen molar-refractivity contribution in [3.05, 3.63) is 130 Å². The van der Waals surface area contributed by atoms with E-state index in [2.05, 4.69) is 5.32 Å². The van der Waals surface area contributed by atoms with Crippen LogP contribution in [0.2, 0.25) is 5.02 Å². The summed E-state index contributed by atoms with van der Waals surface area (Å²) in [5.74, 6) is -1.45. The quantitative estimate of drug-likeness (QED) is 0.205. The van der Waals surface area contributed by atoms with Gasteiger partial charge >= 0.3 is 0 Å². The van der Waals surface area contributed by atoms with E-state index in [1.807, 2.05) is 37.3 Å². The van der Waals surface area contributed by atoms with Gasteiger partial charge in [-0.05, 0) is 73.9 Å². The van der Waals surface area contributed by atoms with Gasteiger partial charge in [0.15, 0.2) is 0 Å². The third kappa shape index (κ3) is 7.84. The summed E-state index contributed by atoms with van der Waals surface area (Å²) in [6, 6.07) is 25.1. The minimum atomic E-state index is -4.26. The Balaban J connectivity index is 1.82. The minimum absolute atomic E-state index is 0.00456. The molecule has 4 rings (SSSR count). The molecule has 230 valence electrons. The smallest absolute Gasteiger partial charge is 0.264 e. The molecule has 4 aromatic carbocycles. The van der Waals surface area contributed by atoms with Crippen molar-refractivity contribution in [2.45, 2.75) is 44.7 Å². The zero-order valence-corrected chi connectivity index (χ0v) is 26.4. The van der Waals surface area contributed by atoms with Gasteiger partial charge in [-0.15, -0.1) is 0 Å². The number of hydrogen-bond donors (Lipinski definition) is 1. The Morgan fingerprint density at radius 3 is 2.16 bits per heavy atom. The second-order valence-electron chi connectivity index (χ2n) is 10.5. The fourth-order valence-electron chi connectivity index (χ4n) is 4.85. The molecule has 0 aromatic heterocycles. The lowest BCUT2D eigenvalue weighted by molar-refractivity contribution is -0.140. The first-order valence-electron chi connectivity index (χ1n) is 14.2. The molecule has 0 radical (unpaired) electrons. The number of benzene rings is 4. The zero-order chi connectivity index (χ0) is 31.9. The number of carbonyl (C=O) groups is 2. The molecule has 0 saturated carbocycles. The Morgan fingerprint density at radius 2 is 1.52 bits per heavy atom. The summed E-state index contributed by atoms with van der Waals surface area (Å²) in [6.07, 6.45) is 0.181. The summed E-state index contributed by atoms with van der Waals surface area (Å²) in [6.45, 7) is 4.98. The number of anilines is 1. The lowest BCUT2D eigenvalue weighted by Crippen LogP contribution is -2.53. The maximum Gasteiger partial charge on any atom is 0.264 e. The number of aryl methyl sites for hydroxylation is 1. The molecule has 2 amide bonds. The highest BCUT2D eigenvalue weighted by molar-refractivity contribution is 7.92. The number of sulfonamides is 1. The van der Waals surface area contributed by atoms with Crippen molar-refractivity contribution in [3.8, 4) is 0 Å². The molecule has 0 bridgehead atoms. The molecule has 7 nitrogen and oxygen atoms in total. The van der Waals surface area contributed by atoms with Crippen LogP contribution in [0.1, 0.15) is 29.2 Å². The zero-order valence-electron chi connectivity index (χ0n) is 24.8. The summed E-state index contributed by atoms with van der Waals surface area (Å²) in [5, 5.41) is 3.16. The standard InChI is InChI=1S/C34H35ClFN3O4S/c1-4-37-34(41)32(21-26-9-6-5-7-10-26)38(22-27-15-17-28(36)18-16-27)33(40)23-39(31-12-8-11-30(35)25(31)3)44(42,43)29-19-13-24(2)14-20-29/h5-20,32H,4,21-23H2,1-3H3,(H,37,41)/t32-/m0/s1. The Morgan fingerprint density at radius 1 is 0.864 bits per heavy atom. The topological polar surface area (TPSA) is 86.8 Å². The molecular weight excluding hydrogens is 601 g/mol. The van der Waals surface area contributed by atoms with Crippen LogP contribution >= 0.6 is 11.6 Å². The van der Waals surface area contributed by atoms with E-state index in [0.717, 1.165) is 15.4 Å². The van der Waals surface area contributed by atoms with Crippen molar-refractivity contribution in [1.29, 1.82) is 0 Å². The summed E-state index contributed by atoms with van der Waals surface area (Å²) < 4.78 is 43.1. The van der Waals surface area contributed by atoms with Gasteiger partial charge in [0.25, 0.3) is 10.0 Å². The van der Waals surface area contributed by atoms with Crippen LogP contribution in [0.15, 0.2) is 102 Å². The van der Waals surface area contributed by atoms with Crippen molar-refractivity contribution in [2.75, 3.05) is 17.4 Å². The van der Waals surface area contributed by atoms with Crippen molar-refractivity contribution in [3.63, 3.8) is 0 Å². The summed E-state index contributed by atoms with van der Waals surface area (Å²) >= 11 is 6.41. The van der Waals surface area contributed by atoms with E-state index in [9.17, 15) is 22.4 Å². The number of nitrogens with one attached hydrogen (secondary N) is 1. The SMILES string of the molecule is CCNC(=O)[C@H](Cc1ccccc1)N(Cc1ccc(F)cc1)C(=O)CN(c1cccc(Cl)c1C)S(=O)(=O)c1ccc(C)cc1. The van der Waals surface area contributed by atoms with E-state index >= 15 is 0 Å². The largest absolute Gasteiger partial charge is 0.355 e. The first-order chi connectivity index (χ1) is 21.0.